The predicted molar refractivity (Wildman–Crippen MR) is 186 cm³/mol. The van der Waals surface area contributed by atoms with Gasteiger partial charge < -0.3 is 18.9 Å². The van der Waals surface area contributed by atoms with Crippen molar-refractivity contribution < 1.29 is 38.1 Å². The van der Waals surface area contributed by atoms with Crippen LogP contribution in [0, 0.1) is 35.5 Å². The molecule has 0 heterocycles. The molecule has 262 valence electrons. The summed E-state index contributed by atoms with van der Waals surface area (Å²) in [7, 11) is 0. The summed E-state index contributed by atoms with van der Waals surface area (Å²) in [6.45, 7) is 8.90. The van der Waals surface area contributed by atoms with Gasteiger partial charge in [-0.3, -0.25) is 0 Å². The van der Waals surface area contributed by atoms with Crippen LogP contribution < -0.4 is 9.47 Å². The molecule has 2 aliphatic carbocycles. The summed E-state index contributed by atoms with van der Waals surface area (Å²) in [6, 6.07) is 2.26. The Morgan fingerprint density at radius 1 is 0.583 bits per heavy atom. The number of esters is 4. The van der Waals surface area contributed by atoms with Crippen LogP contribution in [0.2, 0.25) is 30.1 Å². The van der Waals surface area contributed by atoms with Crippen LogP contribution in [-0.4, -0.2) is 37.1 Å². The van der Waals surface area contributed by atoms with Crippen molar-refractivity contribution in [3.63, 3.8) is 0 Å². The van der Waals surface area contributed by atoms with Gasteiger partial charge in [-0.05, 0) is 86.2 Å². The van der Waals surface area contributed by atoms with E-state index >= 15 is 0 Å². The molecule has 0 saturated heterocycles. The maximum Gasteiger partial charge on any atom is 0.423 e. The van der Waals surface area contributed by atoms with Gasteiger partial charge in [-0.25, -0.2) is 19.2 Å². The highest BCUT2D eigenvalue weighted by Crippen LogP contribution is 2.44. The second-order valence-electron chi connectivity index (χ2n) is 12.8. The van der Waals surface area contributed by atoms with Crippen molar-refractivity contribution in [1.82, 2.24) is 0 Å². The Morgan fingerprint density at radius 3 is 1.23 bits per heavy atom. The molecule has 14 heteroatoms. The summed E-state index contributed by atoms with van der Waals surface area (Å²) in [5.41, 5.74) is -0.911. The second-order valence-corrected chi connectivity index (χ2v) is 15.1. The fourth-order valence-corrected chi connectivity index (χ4v) is 8.28. The van der Waals surface area contributed by atoms with E-state index in [4.69, 9.17) is 88.6 Å². The molecule has 0 spiro atoms. The van der Waals surface area contributed by atoms with E-state index in [2.05, 4.69) is 27.7 Å². The maximum absolute atomic E-state index is 13.1. The number of hydrogen-bond acceptors (Lipinski definition) is 8. The predicted octanol–water partition coefficient (Wildman–Crippen LogP) is 10.6. The van der Waals surface area contributed by atoms with Crippen molar-refractivity contribution in [1.29, 1.82) is 0 Å². The lowest BCUT2D eigenvalue weighted by Crippen LogP contribution is -2.32. The van der Waals surface area contributed by atoms with Gasteiger partial charge in [-0.1, -0.05) is 97.3 Å². The van der Waals surface area contributed by atoms with Crippen molar-refractivity contribution in [2.75, 3.05) is 13.2 Å². The van der Waals surface area contributed by atoms with E-state index in [0.29, 0.717) is 48.3 Å². The van der Waals surface area contributed by atoms with Crippen LogP contribution in [0.5, 0.6) is 11.5 Å². The van der Waals surface area contributed by atoms with E-state index < -0.39 is 46.5 Å². The van der Waals surface area contributed by atoms with E-state index in [9.17, 15) is 19.2 Å². The van der Waals surface area contributed by atoms with Gasteiger partial charge in [0.05, 0.1) is 43.3 Å². The monoisotopic (exact) mass is 782 g/mol. The number of rotatable bonds is 12. The molecule has 48 heavy (non-hydrogen) atoms. The average molecular weight is 785 g/mol. The standard InChI is InChI=1S/C34H36Cl6O8/c1-15-11-16(2)19(15)7-5-9-45-31(41)25-27(39)21(35)13-23(37)29(25)47-33(43)34(44)48-30-24(38)14-22(36)28(40)26(30)32(42)46-10-6-8-20-17(3)12-18(20)4/h13-20H,5-12H2,1-4H3. The molecule has 2 fully saturated rings. The Balaban J connectivity index is 1.45. The third kappa shape index (κ3) is 8.85. The maximum atomic E-state index is 13.1. The molecule has 0 aliphatic heterocycles. The van der Waals surface area contributed by atoms with Gasteiger partial charge in [0.15, 0.2) is 11.5 Å². The first-order valence-corrected chi connectivity index (χ1v) is 18.0. The topological polar surface area (TPSA) is 105 Å². The normalized spacial score (nSPS) is 23.0. The molecule has 2 aromatic carbocycles. The number of halogens is 6. The van der Waals surface area contributed by atoms with Crippen LogP contribution >= 0.6 is 69.6 Å². The lowest BCUT2D eigenvalue weighted by atomic mass is 9.65. The highest BCUT2D eigenvalue weighted by molar-refractivity contribution is 6.47. The summed E-state index contributed by atoms with van der Waals surface area (Å²) in [4.78, 5) is 52.1. The van der Waals surface area contributed by atoms with Crippen molar-refractivity contribution in [2.45, 2.75) is 66.2 Å². The summed E-state index contributed by atoms with van der Waals surface area (Å²) < 4.78 is 21.2. The SMILES string of the molecule is CC1CC(C)C1CCCOC(=O)c1c(Cl)c(Cl)cc(Cl)c1OC(=O)C(=O)Oc1c(Cl)cc(Cl)c(Cl)c1C(=O)OCCCC1C(C)CC1C. The van der Waals surface area contributed by atoms with E-state index in [1.54, 1.807) is 0 Å². The van der Waals surface area contributed by atoms with Gasteiger partial charge in [-0.2, -0.15) is 0 Å². The number of benzene rings is 2. The molecule has 2 aliphatic rings. The second kappa shape index (κ2) is 16.8. The zero-order valence-corrected chi connectivity index (χ0v) is 31.3. The molecule has 4 rings (SSSR count). The first kappa shape index (κ1) is 38.9. The molecule has 2 saturated carbocycles. The zero-order chi connectivity index (χ0) is 35.4. The molecular weight excluding hydrogens is 749 g/mol. The Bertz CT molecular complexity index is 1450. The van der Waals surface area contributed by atoms with E-state index in [0.717, 1.165) is 25.0 Å². The van der Waals surface area contributed by atoms with E-state index in [1.807, 2.05) is 0 Å². The van der Waals surface area contributed by atoms with Crippen LogP contribution in [0.1, 0.15) is 86.9 Å². The highest BCUT2D eigenvalue weighted by Gasteiger charge is 2.36. The fraction of sp³-hybridized carbons (Fsp3) is 0.529. The van der Waals surface area contributed by atoms with Crippen LogP contribution in [0.15, 0.2) is 12.1 Å². The summed E-state index contributed by atoms with van der Waals surface area (Å²) in [6.07, 6.45) is 5.29. The molecule has 0 aromatic heterocycles. The minimum atomic E-state index is -1.64. The number of hydrogen-bond donors (Lipinski definition) is 0. The van der Waals surface area contributed by atoms with Crippen molar-refractivity contribution >= 4 is 93.5 Å². The molecular formula is C34H36Cl6O8. The zero-order valence-electron chi connectivity index (χ0n) is 26.8. The Hall–Kier alpha value is -1.94. The lowest BCUT2D eigenvalue weighted by Gasteiger charge is -2.41. The number of carbonyl (C=O) groups is 4. The summed E-state index contributed by atoms with van der Waals surface area (Å²) >= 11 is 37.4. The van der Waals surface area contributed by atoms with Crippen molar-refractivity contribution in [2.24, 2.45) is 35.5 Å². The van der Waals surface area contributed by atoms with Gasteiger partial charge in [0.25, 0.3) is 0 Å². The first-order chi connectivity index (χ1) is 22.6. The van der Waals surface area contributed by atoms with Crippen LogP contribution in [0.25, 0.3) is 0 Å². The van der Waals surface area contributed by atoms with Gasteiger partial charge >= 0.3 is 23.9 Å². The Kier molecular flexibility index (Phi) is 13.6. The molecule has 0 radical (unpaired) electrons. The third-order valence-corrected chi connectivity index (χ3v) is 11.6. The third-order valence-electron chi connectivity index (χ3n) is 9.46. The van der Waals surface area contributed by atoms with E-state index in [-0.39, 0.29) is 43.3 Å². The highest BCUT2D eigenvalue weighted by atomic mass is 35.5. The average Bonchev–Trinajstić information content (AvgIpc) is 3.01. The van der Waals surface area contributed by atoms with Crippen molar-refractivity contribution in [3.05, 3.63) is 53.4 Å². The van der Waals surface area contributed by atoms with Gasteiger partial charge in [0.2, 0.25) is 0 Å². The minimum absolute atomic E-state index is 0.0676. The van der Waals surface area contributed by atoms with Crippen LogP contribution in [0.4, 0.5) is 0 Å². The van der Waals surface area contributed by atoms with Crippen LogP contribution in [-0.2, 0) is 19.1 Å². The first-order valence-electron chi connectivity index (χ1n) is 15.7. The largest absolute Gasteiger partial charge is 0.462 e. The molecule has 8 nitrogen and oxygen atoms in total. The quantitative estimate of drug-likeness (QED) is 0.0689. The Labute approximate surface area is 309 Å². The smallest absolute Gasteiger partial charge is 0.423 e. The fourth-order valence-electron chi connectivity index (χ4n) is 6.84. The van der Waals surface area contributed by atoms with Gasteiger partial charge in [0, 0.05) is 0 Å². The molecule has 4 unspecified atom stereocenters. The van der Waals surface area contributed by atoms with Crippen molar-refractivity contribution in [3.8, 4) is 11.5 Å². The van der Waals surface area contributed by atoms with Crippen LogP contribution in [0.3, 0.4) is 0 Å². The molecule has 0 N–H and O–H groups in total. The lowest BCUT2D eigenvalue weighted by molar-refractivity contribution is -0.156. The number of carbonyl (C=O) groups excluding carboxylic acids is 4. The Morgan fingerprint density at radius 2 is 0.917 bits per heavy atom. The minimum Gasteiger partial charge on any atom is -0.462 e. The molecule has 0 amide bonds. The summed E-state index contributed by atoms with van der Waals surface area (Å²) in [5, 5.41) is -1.45. The van der Waals surface area contributed by atoms with Gasteiger partial charge in [-0.15, -0.1) is 0 Å². The summed E-state index contributed by atoms with van der Waals surface area (Å²) in [5.74, 6) is -2.82. The molecule has 2 aromatic rings. The number of ether oxygens (including phenoxy) is 4. The molecule has 0 bridgehead atoms. The van der Waals surface area contributed by atoms with E-state index in [1.165, 1.54) is 12.8 Å². The van der Waals surface area contributed by atoms with Gasteiger partial charge in [0.1, 0.15) is 11.1 Å². The molecule has 4 atom stereocenters.